The van der Waals surface area contributed by atoms with Crippen LogP contribution in [-0.2, 0) is 4.74 Å². The maximum atomic E-state index is 10.6. The molecule has 1 fully saturated rings. The van der Waals surface area contributed by atoms with Crippen LogP contribution < -0.4 is 0 Å². The molecule has 1 saturated heterocycles. The first-order chi connectivity index (χ1) is 8.54. The van der Waals surface area contributed by atoms with E-state index < -0.39 is 37.0 Å². The fraction of sp³-hybridized carbons (Fsp3) is 0.500. The molecule has 4 N–H and O–H groups in total. The Morgan fingerprint density at radius 1 is 1.28 bits per heavy atom. The Morgan fingerprint density at radius 3 is 2.33 bits per heavy atom. The van der Waals surface area contributed by atoms with Crippen molar-refractivity contribution in [2.75, 3.05) is 6.61 Å². The zero-order valence-corrected chi connectivity index (χ0v) is 9.17. The molecule has 0 bridgehead atoms. The minimum absolute atomic E-state index is 0.0579. The van der Waals surface area contributed by atoms with Gasteiger partial charge in [-0.25, -0.2) is 14.8 Å². The van der Waals surface area contributed by atoms with E-state index in [4.69, 9.17) is 14.9 Å². The summed E-state index contributed by atoms with van der Waals surface area (Å²) in [6, 6.07) is 0. The number of rotatable bonds is 3. The van der Waals surface area contributed by atoms with Crippen LogP contribution in [0.1, 0.15) is 22.3 Å². The third-order valence-corrected chi connectivity index (χ3v) is 2.72. The summed E-state index contributed by atoms with van der Waals surface area (Å²) in [6.45, 7) is -0.443. The minimum Gasteiger partial charge on any atom is -0.478 e. The van der Waals surface area contributed by atoms with Crippen LogP contribution in [0.4, 0.5) is 0 Å². The second-order valence-electron chi connectivity index (χ2n) is 3.89. The predicted octanol–water partition coefficient (Wildman–Crippen LogP) is -1.67. The van der Waals surface area contributed by atoms with Crippen molar-refractivity contribution in [1.29, 1.82) is 0 Å². The van der Waals surface area contributed by atoms with Crippen LogP contribution in [0.25, 0.3) is 0 Å². The van der Waals surface area contributed by atoms with E-state index in [1.54, 1.807) is 0 Å². The molecule has 18 heavy (non-hydrogen) atoms. The van der Waals surface area contributed by atoms with Gasteiger partial charge < -0.3 is 25.2 Å². The molecule has 0 amide bonds. The van der Waals surface area contributed by atoms with E-state index in [9.17, 15) is 15.0 Å². The average Bonchev–Trinajstić information content (AvgIpc) is 2.66. The Bertz CT molecular complexity index is 436. The van der Waals surface area contributed by atoms with Crippen molar-refractivity contribution in [3.63, 3.8) is 0 Å². The van der Waals surface area contributed by atoms with Crippen molar-refractivity contribution in [2.45, 2.75) is 24.4 Å². The molecule has 1 aromatic heterocycles. The number of hydrogen-bond donors (Lipinski definition) is 4. The first-order valence-corrected chi connectivity index (χ1v) is 5.22. The zero-order chi connectivity index (χ0) is 13.3. The maximum Gasteiger partial charge on any atom is 0.338 e. The number of aromatic carboxylic acids is 1. The predicted molar refractivity (Wildman–Crippen MR) is 55.7 cm³/mol. The number of aliphatic hydroxyl groups is 3. The zero-order valence-electron chi connectivity index (χ0n) is 9.17. The molecular formula is C10H12N2O6. The number of hydrogen-bond acceptors (Lipinski definition) is 7. The summed E-state index contributed by atoms with van der Waals surface area (Å²) in [5.41, 5.74) is -0.0921. The van der Waals surface area contributed by atoms with Crippen LogP contribution in [-0.4, -0.2) is 61.3 Å². The monoisotopic (exact) mass is 256 g/mol. The third kappa shape index (κ3) is 2.18. The highest BCUT2D eigenvalue weighted by Crippen LogP contribution is 2.31. The first kappa shape index (κ1) is 12.8. The Labute approximate surface area is 102 Å². The molecule has 0 radical (unpaired) electrons. The lowest BCUT2D eigenvalue weighted by Crippen LogP contribution is -2.32. The van der Waals surface area contributed by atoms with Crippen LogP contribution >= 0.6 is 0 Å². The fourth-order valence-electron chi connectivity index (χ4n) is 1.71. The van der Waals surface area contributed by atoms with E-state index in [0.29, 0.717) is 0 Å². The highest BCUT2D eigenvalue weighted by atomic mass is 16.6. The summed E-state index contributed by atoms with van der Waals surface area (Å²) in [5.74, 6) is -1.11. The van der Waals surface area contributed by atoms with Gasteiger partial charge in [-0.1, -0.05) is 0 Å². The van der Waals surface area contributed by atoms with Crippen molar-refractivity contribution in [2.24, 2.45) is 0 Å². The van der Waals surface area contributed by atoms with E-state index in [-0.39, 0.29) is 11.4 Å². The summed E-state index contributed by atoms with van der Waals surface area (Å²) in [5, 5.41) is 36.9. The molecule has 0 aliphatic carbocycles. The molecular weight excluding hydrogens is 244 g/mol. The van der Waals surface area contributed by atoms with E-state index in [1.807, 2.05) is 0 Å². The van der Waals surface area contributed by atoms with E-state index in [2.05, 4.69) is 9.97 Å². The van der Waals surface area contributed by atoms with E-state index >= 15 is 0 Å². The number of carboxylic acid groups (broad SMARTS) is 1. The van der Waals surface area contributed by atoms with Crippen LogP contribution in [0.5, 0.6) is 0 Å². The first-order valence-electron chi connectivity index (χ1n) is 5.22. The minimum atomic E-state index is -1.27. The van der Waals surface area contributed by atoms with Crippen molar-refractivity contribution < 1.29 is 30.0 Å². The van der Waals surface area contributed by atoms with Crippen LogP contribution in [0.15, 0.2) is 12.4 Å². The molecule has 2 heterocycles. The second kappa shape index (κ2) is 4.94. The van der Waals surface area contributed by atoms with Crippen LogP contribution in [0.3, 0.4) is 0 Å². The Morgan fingerprint density at radius 2 is 1.89 bits per heavy atom. The van der Waals surface area contributed by atoms with Gasteiger partial charge in [0.2, 0.25) is 0 Å². The number of nitrogens with zero attached hydrogens (tertiary/aromatic N) is 2. The highest BCUT2D eigenvalue weighted by molar-refractivity contribution is 5.86. The topological polar surface area (TPSA) is 133 Å². The summed E-state index contributed by atoms with van der Waals surface area (Å²) in [4.78, 5) is 18.1. The van der Waals surface area contributed by atoms with Crippen molar-refractivity contribution in [3.8, 4) is 0 Å². The van der Waals surface area contributed by atoms with Gasteiger partial charge in [-0.3, -0.25) is 0 Å². The molecule has 0 spiro atoms. The van der Waals surface area contributed by atoms with Gasteiger partial charge in [-0.15, -0.1) is 0 Å². The third-order valence-electron chi connectivity index (χ3n) is 2.72. The maximum absolute atomic E-state index is 10.6. The number of aliphatic hydroxyl groups excluding tert-OH is 3. The molecule has 0 saturated carbocycles. The highest BCUT2D eigenvalue weighted by Gasteiger charge is 2.44. The Kier molecular flexibility index (Phi) is 3.53. The molecule has 0 aromatic carbocycles. The SMILES string of the molecule is O=C(O)c1cnc(C2O[C@H](CO)[C@@H](O)[C@H]2O)nc1. The number of ether oxygens (including phenoxy) is 1. The lowest BCUT2D eigenvalue weighted by atomic mass is 10.1. The Hall–Kier alpha value is -1.61. The van der Waals surface area contributed by atoms with Crippen molar-refractivity contribution in [1.82, 2.24) is 9.97 Å². The smallest absolute Gasteiger partial charge is 0.338 e. The van der Waals surface area contributed by atoms with Gasteiger partial charge in [-0.05, 0) is 0 Å². The molecule has 98 valence electrons. The van der Waals surface area contributed by atoms with Gasteiger partial charge in [0.05, 0.1) is 12.2 Å². The molecule has 1 aromatic rings. The summed E-state index contributed by atoms with van der Waals surface area (Å²) < 4.78 is 5.20. The van der Waals surface area contributed by atoms with Gasteiger partial charge in [0, 0.05) is 12.4 Å². The van der Waals surface area contributed by atoms with E-state index in [1.165, 1.54) is 0 Å². The van der Waals surface area contributed by atoms with Crippen LogP contribution in [0.2, 0.25) is 0 Å². The lowest BCUT2D eigenvalue weighted by Gasteiger charge is -2.12. The molecule has 1 aliphatic heterocycles. The number of carboxylic acids is 1. The number of aromatic nitrogens is 2. The van der Waals surface area contributed by atoms with Gasteiger partial charge in [0.15, 0.2) is 5.82 Å². The largest absolute Gasteiger partial charge is 0.478 e. The summed E-state index contributed by atoms with van der Waals surface area (Å²) in [6.07, 6.45) is -2.23. The quantitative estimate of drug-likeness (QED) is 0.504. The summed E-state index contributed by atoms with van der Waals surface area (Å²) >= 11 is 0. The van der Waals surface area contributed by atoms with Gasteiger partial charge in [0.1, 0.15) is 24.4 Å². The normalized spacial score (nSPS) is 31.5. The molecule has 8 heteroatoms. The molecule has 4 atom stereocenters. The Balaban J connectivity index is 2.19. The van der Waals surface area contributed by atoms with Gasteiger partial charge >= 0.3 is 5.97 Å². The van der Waals surface area contributed by atoms with Gasteiger partial charge in [0.25, 0.3) is 0 Å². The van der Waals surface area contributed by atoms with E-state index in [0.717, 1.165) is 12.4 Å². The van der Waals surface area contributed by atoms with Crippen molar-refractivity contribution >= 4 is 5.97 Å². The molecule has 1 unspecified atom stereocenters. The standard InChI is InChI=1S/C10H12N2O6/c13-3-5-6(14)7(15)8(18-5)9-11-1-4(2-12-9)10(16)17/h1-2,5-8,13-15H,3H2,(H,16,17)/t5-,6-,7-,8?/m1/s1. The lowest BCUT2D eigenvalue weighted by molar-refractivity contribution is -0.0253. The number of carbonyl (C=O) groups is 1. The fourth-order valence-corrected chi connectivity index (χ4v) is 1.71. The second-order valence-corrected chi connectivity index (χ2v) is 3.89. The van der Waals surface area contributed by atoms with Crippen LogP contribution in [0, 0.1) is 0 Å². The average molecular weight is 256 g/mol. The molecule has 8 nitrogen and oxygen atoms in total. The van der Waals surface area contributed by atoms with Gasteiger partial charge in [-0.2, -0.15) is 0 Å². The molecule has 1 aliphatic rings. The summed E-state index contributed by atoms with van der Waals surface area (Å²) in [7, 11) is 0. The molecule has 2 rings (SSSR count). The van der Waals surface area contributed by atoms with Crippen molar-refractivity contribution in [3.05, 3.63) is 23.8 Å².